The van der Waals surface area contributed by atoms with Gasteiger partial charge in [-0.1, -0.05) is 17.7 Å². The van der Waals surface area contributed by atoms with Crippen LogP contribution in [0, 0.1) is 18.3 Å². The molecule has 1 fully saturated rings. The van der Waals surface area contributed by atoms with Gasteiger partial charge in [-0.2, -0.15) is 5.26 Å². The van der Waals surface area contributed by atoms with Gasteiger partial charge in [-0.05, 0) is 36.8 Å². The van der Waals surface area contributed by atoms with Crippen molar-refractivity contribution in [3.05, 3.63) is 57.9 Å². The zero-order chi connectivity index (χ0) is 17.8. The molecule has 1 atom stereocenters. The number of hydrogen-bond donors (Lipinski definition) is 2. The lowest BCUT2D eigenvalue weighted by atomic mass is 10.1. The van der Waals surface area contributed by atoms with Crippen LogP contribution in [0.3, 0.4) is 0 Å². The SMILES string of the molecule is Cc1cc(C(=O)Nc2ccc([C@H]3CNCCO3)cc2Cl)cc(C#N)n1.Cl. The van der Waals surface area contributed by atoms with E-state index < -0.39 is 0 Å². The van der Waals surface area contributed by atoms with E-state index >= 15 is 0 Å². The third-order valence-electron chi connectivity index (χ3n) is 3.87. The molecule has 0 bridgehead atoms. The first-order chi connectivity index (χ1) is 12.1. The summed E-state index contributed by atoms with van der Waals surface area (Å²) >= 11 is 6.31. The van der Waals surface area contributed by atoms with Crippen molar-refractivity contribution >= 4 is 35.6 Å². The number of carbonyl (C=O) groups is 1. The number of nitrogens with one attached hydrogen (secondary N) is 2. The van der Waals surface area contributed by atoms with E-state index in [1.807, 2.05) is 12.1 Å². The summed E-state index contributed by atoms with van der Waals surface area (Å²) in [5.74, 6) is -0.341. The monoisotopic (exact) mass is 392 g/mol. The molecule has 6 nitrogen and oxygen atoms in total. The standard InChI is InChI=1S/C18H17ClN4O2.ClH/c1-11-6-13(7-14(9-20)22-11)18(24)23-16-3-2-12(8-15(16)19)17-10-21-4-5-25-17;/h2-3,6-8,17,21H,4-5,10H2,1H3,(H,23,24);1H/t17-;/m1./s1. The van der Waals surface area contributed by atoms with Crippen molar-refractivity contribution in [1.82, 2.24) is 10.3 Å². The zero-order valence-corrected chi connectivity index (χ0v) is 15.7. The maximum Gasteiger partial charge on any atom is 0.255 e. The number of ether oxygens (including phenoxy) is 1. The third kappa shape index (κ3) is 4.71. The molecular formula is C18H18Cl2N4O2. The van der Waals surface area contributed by atoms with Crippen LogP contribution in [0.2, 0.25) is 5.02 Å². The molecule has 0 aliphatic carbocycles. The summed E-state index contributed by atoms with van der Waals surface area (Å²) in [6.45, 7) is 3.96. The van der Waals surface area contributed by atoms with E-state index in [-0.39, 0.29) is 30.1 Å². The molecule has 1 aromatic heterocycles. The summed E-state index contributed by atoms with van der Waals surface area (Å²) in [6.07, 6.45) is -0.0444. The van der Waals surface area contributed by atoms with Gasteiger partial charge < -0.3 is 15.4 Å². The maximum absolute atomic E-state index is 12.4. The molecule has 1 amide bonds. The summed E-state index contributed by atoms with van der Waals surface area (Å²) in [4.78, 5) is 16.5. The van der Waals surface area contributed by atoms with Crippen LogP contribution < -0.4 is 10.6 Å². The van der Waals surface area contributed by atoms with Crippen LogP contribution >= 0.6 is 24.0 Å². The lowest BCUT2D eigenvalue weighted by molar-refractivity contribution is 0.0277. The Morgan fingerprint density at radius 1 is 1.42 bits per heavy atom. The molecule has 26 heavy (non-hydrogen) atoms. The average Bonchev–Trinajstić information content (AvgIpc) is 2.63. The average molecular weight is 393 g/mol. The van der Waals surface area contributed by atoms with Gasteiger partial charge >= 0.3 is 0 Å². The van der Waals surface area contributed by atoms with Crippen LogP contribution in [-0.2, 0) is 4.74 Å². The Balaban J connectivity index is 0.00000243. The fourth-order valence-electron chi connectivity index (χ4n) is 2.66. The first-order valence-corrected chi connectivity index (χ1v) is 8.26. The number of hydrogen-bond acceptors (Lipinski definition) is 5. The number of nitriles is 1. The van der Waals surface area contributed by atoms with Crippen molar-refractivity contribution < 1.29 is 9.53 Å². The molecule has 2 heterocycles. The van der Waals surface area contributed by atoms with Crippen molar-refractivity contribution in [3.8, 4) is 6.07 Å². The van der Waals surface area contributed by atoms with E-state index in [1.54, 1.807) is 25.1 Å². The van der Waals surface area contributed by atoms with Crippen molar-refractivity contribution in [1.29, 1.82) is 5.26 Å². The predicted octanol–water partition coefficient (Wildman–Crippen LogP) is 3.25. The summed E-state index contributed by atoms with van der Waals surface area (Å²) in [5.41, 5.74) is 2.64. The van der Waals surface area contributed by atoms with Crippen LogP contribution in [0.1, 0.15) is 33.4 Å². The summed E-state index contributed by atoms with van der Waals surface area (Å²) in [6, 6.07) is 10.5. The second-order valence-electron chi connectivity index (χ2n) is 5.75. The summed E-state index contributed by atoms with van der Waals surface area (Å²) in [5, 5.41) is 15.4. The first kappa shape index (κ1) is 20.1. The van der Waals surface area contributed by atoms with Gasteiger partial charge in [0.25, 0.3) is 5.91 Å². The number of amides is 1. The van der Waals surface area contributed by atoms with Crippen LogP contribution in [0.25, 0.3) is 0 Å². The largest absolute Gasteiger partial charge is 0.371 e. The molecule has 2 N–H and O–H groups in total. The molecule has 0 unspecified atom stereocenters. The topological polar surface area (TPSA) is 87.0 Å². The highest BCUT2D eigenvalue weighted by Gasteiger charge is 2.17. The van der Waals surface area contributed by atoms with Crippen LogP contribution in [0.4, 0.5) is 5.69 Å². The third-order valence-corrected chi connectivity index (χ3v) is 4.18. The number of anilines is 1. The number of aromatic nitrogens is 1. The molecule has 2 aromatic rings. The molecule has 8 heteroatoms. The Morgan fingerprint density at radius 3 is 2.88 bits per heavy atom. The number of nitrogens with zero attached hydrogens (tertiary/aromatic N) is 2. The van der Waals surface area contributed by atoms with Gasteiger partial charge in [-0.3, -0.25) is 4.79 Å². The second-order valence-corrected chi connectivity index (χ2v) is 6.16. The molecule has 1 aliphatic rings. The smallest absolute Gasteiger partial charge is 0.255 e. The molecule has 0 spiro atoms. The molecule has 1 aromatic carbocycles. The Bertz CT molecular complexity index is 846. The lowest BCUT2D eigenvalue weighted by Crippen LogP contribution is -2.33. The highest BCUT2D eigenvalue weighted by molar-refractivity contribution is 6.34. The van der Waals surface area contributed by atoms with Gasteiger partial charge in [-0.15, -0.1) is 12.4 Å². The van der Waals surface area contributed by atoms with E-state index in [2.05, 4.69) is 15.6 Å². The number of aryl methyl sites for hydroxylation is 1. The predicted molar refractivity (Wildman–Crippen MR) is 102 cm³/mol. The molecule has 1 aliphatic heterocycles. The van der Waals surface area contributed by atoms with E-state index in [0.29, 0.717) is 28.6 Å². The van der Waals surface area contributed by atoms with E-state index in [1.165, 1.54) is 6.07 Å². The molecule has 1 saturated heterocycles. The first-order valence-electron chi connectivity index (χ1n) is 7.89. The van der Waals surface area contributed by atoms with Gasteiger partial charge in [0.2, 0.25) is 0 Å². The van der Waals surface area contributed by atoms with Gasteiger partial charge in [0.15, 0.2) is 0 Å². The number of halogens is 2. The Morgan fingerprint density at radius 2 is 2.23 bits per heavy atom. The summed E-state index contributed by atoms with van der Waals surface area (Å²) in [7, 11) is 0. The van der Waals surface area contributed by atoms with Gasteiger partial charge in [0, 0.05) is 24.3 Å². The van der Waals surface area contributed by atoms with Crippen molar-refractivity contribution in [2.24, 2.45) is 0 Å². The Labute approximate surface area is 162 Å². The zero-order valence-electron chi connectivity index (χ0n) is 14.1. The molecular weight excluding hydrogens is 375 g/mol. The number of rotatable bonds is 3. The second kappa shape index (κ2) is 8.97. The van der Waals surface area contributed by atoms with Gasteiger partial charge in [0.05, 0.1) is 23.4 Å². The van der Waals surface area contributed by atoms with E-state index in [0.717, 1.165) is 18.7 Å². The number of carbonyl (C=O) groups excluding carboxylic acids is 1. The van der Waals surface area contributed by atoms with Crippen molar-refractivity contribution in [2.45, 2.75) is 13.0 Å². The quantitative estimate of drug-likeness (QED) is 0.836. The van der Waals surface area contributed by atoms with Gasteiger partial charge in [0.1, 0.15) is 11.8 Å². The normalized spacial score (nSPS) is 16.3. The molecule has 136 valence electrons. The molecule has 0 saturated carbocycles. The number of benzene rings is 1. The van der Waals surface area contributed by atoms with Crippen LogP contribution in [0.15, 0.2) is 30.3 Å². The minimum Gasteiger partial charge on any atom is -0.371 e. The van der Waals surface area contributed by atoms with E-state index in [9.17, 15) is 4.79 Å². The van der Waals surface area contributed by atoms with Crippen molar-refractivity contribution in [2.75, 3.05) is 25.0 Å². The Kier molecular flexibility index (Phi) is 6.95. The van der Waals surface area contributed by atoms with E-state index in [4.69, 9.17) is 21.6 Å². The van der Waals surface area contributed by atoms with Crippen LogP contribution in [-0.4, -0.2) is 30.6 Å². The van der Waals surface area contributed by atoms with Gasteiger partial charge in [-0.25, -0.2) is 4.98 Å². The maximum atomic E-state index is 12.4. The molecule has 0 radical (unpaired) electrons. The number of pyridine rings is 1. The molecule has 3 rings (SSSR count). The summed E-state index contributed by atoms with van der Waals surface area (Å²) < 4.78 is 5.70. The Hall–Kier alpha value is -2.17. The fraction of sp³-hybridized carbons (Fsp3) is 0.278. The number of morpholine rings is 1. The highest BCUT2D eigenvalue weighted by Crippen LogP contribution is 2.28. The van der Waals surface area contributed by atoms with Crippen LogP contribution in [0.5, 0.6) is 0 Å². The highest BCUT2D eigenvalue weighted by atomic mass is 35.5. The fourth-order valence-corrected chi connectivity index (χ4v) is 2.90. The minimum atomic E-state index is -0.341. The van der Waals surface area contributed by atoms with Crippen molar-refractivity contribution in [3.63, 3.8) is 0 Å². The lowest BCUT2D eigenvalue weighted by Gasteiger charge is -2.24. The minimum absolute atomic E-state index is 0.